The van der Waals surface area contributed by atoms with E-state index in [1.807, 2.05) is 18.5 Å². The van der Waals surface area contributed by atoms with Gasteiger partial charge >= 0.3 is 0 Å². The Morgan fingerprint density at radius 3 is 2.76 bits per heavy atom. The van der Waals surface area contributed by atoms with Gasteiger partial charge in [-0.1, -0.05) is 13.8 Å². The molecule has 1 aromatic carbocycles. The van der Waals surface area contributed by atoms with Gasteiger partial charge in [0.05, 0.1) is 17.4 Å². The fraction of sp³-hybridized carbons (Fsp3) is 0.231. The molecule has 2 aromatic rings. The predicted molar refractivity (Wildman–Crippen MR) is 66.8 cm³/mol. The van der Waals surface area contributed by atoms with E-state index in [4.69, 9.17) is 11.0 Å². The first-order valence-electron chi connectivity index (χ1n) is 5.46. The highest BCUT2D eigenvalue weighted by atomic mass is 15.3. The van der Waals surface area contributed by atoms with Crippen molar-refractivity contribution in [2.45, 2.75) is 19.8 Å². The maximum atomic E-state index is 9.07. The molecule has 4 heteroatoms. The van der Waals surface area contributed by atoms with Crippen molar-refractivity contribution in [1.82, 2.24) is 9.78 Å². The summed E-state index contributed by atoms with van der Waals surface area (Å²) in [4.78, 5) is 0. The summed E-state index contributed by atoms with van der Waals surface area (Å²) in [6.07, 6.45) is 3.76. The molecule has 0 bridgehead atoms. The molecule has 0 fully saturated rings. The van der Waals surface area contributed by atoms with Crippen molar-refractivity contribution >= 4 is 5.69 Å². The van der Waals surface area contributed by atoms with Crippen molar-refractivity contribution in [2.75, 3.05) is 5.73 Å². The van der Waals surface area contributed by atoms with Gasteiger partial charge in [0.2, 0.25) is 0 Å². The van der Waals surface area contributed by atoms with Gasteiger partial charge in [0.15, 0.2) is 0 Å². The molecule has 0 aliphatic carbocycles. The fourth-order valence-electron chi connectivity index (χ4n) is 1.61. The average Bonchev–Trinajstić information content (AvgIpc) is 2.78. The Balaban J connectivity index is 2.49. The van der Waals surface area contributed by atoms with Gasteiger partial charge in [0.25, 0.3) is 0 Å². The molecule has 1 aromatic heterocycles. The smallest absolute Gasteiger partial charge is 0.101 e. The van der Waals surface area contributed by atoms with Crippen LogP contribution in [-0.2, 0) is 0 Å². The van der Waals surface area contributed by atoms with Gasteiger partial charge in [-0.3, -0.25) is 0 Å². The number of benzene rings is 1. The molecular formula is C13H14N4. The second kappa shape index (κ2) is 4.30. The molecule has 86 valence electrons. The average molecular weight is 226 g/mol. The van der Waals surface area contributed by atoms with E-state index >= 15 is 0 Å². The van der Waals surface area contributed by atoms with Gasteiger partial charge in [-0.25, -0.2) is 4.68 Å². The molecule has 0 aliphatic rings. The number of hydrogen-bond acceptors (Lipinski definition) is 3. The van der Waals surface area contributed by atoms with Gasteiger partial charge < -0.3 is 5.73 Å². The molecule has 2 N–H and O–H groups in total. The van der Waals surface area contributed by atoms with E-state index in [2.05, 4.69) is 25.0 Å². The highest BCUT2D eigenvalue weighted by Gasteiger charge is 2.08. The lowest BCUT2D eigenvalue weighted by atomic mass is 10.1. The lowest BCUT2D eigenvalue weighted by molar-refractivity contribution is 0.857. The number of nitrogens with two attached hydrogens (primary N) is 1. The van der Waals surface area contributed by atoms with Crippen LogP contribution >= 0.6 is 0 Å². The standard InChI is InChI=1S/C13H14N4/c1-9(2)11-7-16-17(8-11)13-4-3-12(15)5-10(13)6-14/h3-5,7-9H,15H2,1-2H3. The molecular weight excluding hydrogens is 212 g/mol. The van der Waals surface area contributed by atoms with Crippen molar-refractivity contribution < 1.29 is 0 Å². The monoisotopic (exact) mass is 226 g/mol. The van der Waals surface area contributed by atoms with E-state index in [9.17, 15) is 0 Å². The summed E-state index contributed by atoms with van der Waals surface area (Å²) in [5.74, 6) is 0.420. The van der Waals surface area contributed by atoms with Gasteiger partial charge in [0, 0.05) is 11.9 Å². The second-order valence-electron chi connectivity index (χ2n) is 4.26. The third-order valence-corrected chi connectivity index (χ3v) is 2.66. The van der Waals surface area contributed by atoms with E-state index in [1.54, 1.807) is 16.8 Å². The summed E-state index contributed by atoms with van der Waals surface area (Å²) in [6.45, 7) is 4.21. The van der Waals surface area contributed by atoms with Crippen molar-refractivity contribution in [3.8, 4) is 11.8 Å². The molecule has 0 atom stereocenters. The SMILES string of the molecule is CC(C)c1cnn(-c2ccc(N)cc2C#N)c1. The maximum Gasteiger partial charge on any atom is 0.101 e. The minimum atomic E-state index is 0.420. The van der Waals surface area contributed by atoms with Gasteiger partial charge in [-0.05, 0) is 29.7 Å². The Morgan fingerprint density at radius 2 is 2.18 bits per heavy atom. The molecule has 0 spiro atoms. The van der Waals surface area contributed by atoms with Crippen LogP contribution in [0, 0.1) is 11.3 Å². The van der Waals surface area contributed by atoms with Crippen LogP contribution in [0.2, 0.25) is 0 Å². The molecule has 0 saturated carbocycles. The molecule has 1 heterocycles. The summed E-state index contributed by atoms with van der Waals surface area (Å²) >= 11 is 0. The number of rotatable bonds is 2. The number of nitrogen functional groups attached to an aromatic ring is 1. The van der Waals surface area contributed by atoms with Crippen LogP contribution in [0.3, 0.4) is 0 Å². The molecule has 0 unspecified atom stereocenters. The maximum absolute atomic E-state index is 9.07. The van der Waals surface area contributed by atoms with E-state index in [0.717, 1.165) is 11.3 Å². The van der Waals surface area contributed by atoms with Crippen LogP contribution in [0.25, 0.3) is 5.69 Å². The van der Waals surface area contributed by atoms with Gasteiger partial charge in [-0.2, -0.15) is 10.4 Å². The number of nitriles is 1. The second-order valence-corrected chi connectivity index (χ2v) is 4.26. The lowest BCUT2D eigenvalue weighted by Gasteiger charge is -2.04. The summed E-state index contributed by atoms with van der Waals surface area (Å²) in [5.41, 5.74) is 8.67. The van der Waals surface area contributed by atoms with Crippen molar-refractivity contribution in [2.24, 2.45) is 0 Å². The van der Waals surface area contributed by atoms with E-state index in [0.29, 0.717) is 17.2 Å². The zero-order chi connectivity index (χ0) is 12.4. The third kappa shape index (κ3) is 2.13. The summed E-state index contributed by atoms with van der Waals surface area (Å²) < 4.78 is 1.72. The Hall–Kier alpha value is -2.28. The lowest BCUT2D eigenvalue weighted by Crippen LogP contribution is -1.99. The Morgan fingerprint density at radius 1 is 1.41 bits per heavy atom. The van der Waals surface area contributed by atoms with E-state index < -0.39 is 0 Å². The minimum Gasteiger partial charge on any atom is -0.399 e. The summed E-state index contributed by atoms with van der Waals surface area (Å²) in [7, 11) is 0. The third-order valence-electron chi connectivity index (χ3n) is 2.66. The number of nitrogens with zero attached hydrogens (tertiary/aromatic N) is 3. The van der Waals surface area contributed by atoms with Crippen LogP contribution in [0.5, 0.6) is 0 Å². The zero-order valence-corrected chi connectivity index (χ0v) is 9.88. The van der Waals surface area contributed by atoms with Gasteiger partial charge in [-0.15, -0.1) is 0 Å². The Bertz CT molecular complexity index is 575. The molecule has 0 radical (unpaired) electrons. The molecule has 0 aliphatic heterocycles. The first-order valence-corrected chi connectivity index (χ1v) is 5.46. The van der Waals surface area contributed by atoms with Crippen molar-refractivity contribution in [3.05, 3.63) is 41.7 Å². The molecule has 4 nitrogen and oxygen atoms in total. The highest BCUT2D eigenvalue weighted by molar-refractivity contribution is 5.56. The summed E-state index contributed by atoms with van der Waals surface area (Å²) in [6, 6.07) is 7.37. The zero-order valence-electron chi connectivity index (χ0n) is 9.88. The number of anilines is 1. The molecule has 0 saturated heterocycles. The molecule has 2 rings (SSSR count). The largest absolute Gasteiger partial charge is 0.399 e. The van der Waals surface area contributed by atoms with Crippen LogP contribution in [-0.4, -0.2) is 9.78 Å². The normalized spacial score (nSPS) is 10.5. The van der Waals surface area contributed by atoms with Crippen molar-refractivity contribution in [1.29, 1.82) is 5.26 Å². The highest BCUT2D eigenvalue weighted by Crippen LogP contribution is 2.19. The first kappa shape index (κ1) is 11.2. The topological polar surface area (TPSA) is 67.6 Å². The fourth-order valence-corrected chi connectivity index (χ4v) is 1.61. The number of hydrogen-bond donors (Lipinski definition) is 1. The first-order chi connectivity index (χ1) is 8.11. The quantitative estimate of drug-likeness (QED) is 0.800. The van der Waals surface area contributed by atoms with E-state index in [1.165, 1.54) is 0 Å². The van der Waals surface area contributed by atoms with Crippen LogP contribution in [0.4, 0.5) is 5.69 Å². The predicted octanol–water partition coefficient (Wildman–Crippen LogP) is 2.45. The number of aromatic nitrogens is 2. The molecule has 0 amide bonds. The Kier molecular flexibility index (Phi) is 2.84. The van der Waals surface area contributed by atoms with Crippen LogP contribution in [0.15, 0.2) is 30.6 Å². The van der Waals surface area contributed by atoms with Gasteiger partial charge in [0.1, 0.15) is 6.07 Å². The van der Waals surface area contributed by atoms with Crippen molar-refractivity contribution in [3.63, 3.8) is 0 Å². The van der Waals surface area contributed by atoms with E-state index in [-0.39, 0.29) is 0 Å². The van der Waals surface area contributed by atoms with Crippen LogP contribution < -0.4 is 5.73 Å². The Labute approximate surface area is 100 Å². The minimum absolute atomic E-state index is 0.420. The molecule has 17 heavy (non-hydrogen) atoms. The van der Waals surface area contributed by atoms with Crippen LogP contribution in [0.1, 0.15) is 30.9 Å². The summed E-state index contributed by atoms with van der Waals surface area (Å²) in [5, 5.41) is 13.3.